The fourth-order valence-corrected chi connectivity index (χ4v) is 0.945. The maximum Gasteiger partial charge on any atom is 0.206 e. The quantitative estimate of drug-likeness (QED) is 0.515. The van der Waals surface area contributed by atoms with Crippen molar-refractivity contribution in [3.8, 4) is 5.75 Å². The summed E-state index contributed by atoms with van der Waals surface area (Å²) in [5, 5.41) is 0. The van der Waals surface area contributed by atoms with Gasteiger partial charge < -0.3 is 4.74 Å². The molecule has 3 heteroatoms. The number of carbonyl (C=O) groups excluding carboxylic acids is 2. The van der Waals surface area contributed by atoms with Crippen molar-refractivity contribution in [3.63, 3.8) is 0 Å². The largest absolute Gasteiger partial charge is 0.497 e. The highest BCUT2D eigenvalue weighted by Gasteiger charge is 2.04. The minimum absolute atomic E-state index is 0.188. The van der Waals surface area contributed by atoms with Gasteiger partial charge in [0.25, 0.3) is 0 Å². The smallest absolute Gasteiger partial charge is 0.206 e. The van der Waals surface area contributed by atoms with Crippen molar-refractivity contribution in [3.05, 3.63) is 29.8 Å². The molecule has 0 aliphatic heterocycles. The van der Waals surface area contributed by atoms with Gasteiger partial charge in [0.15, 0.2) is 5.78 Å². The van der Waals surface area contributed by atoms with E-state index in [1.165, 1.54) is 0 Å². The Hall–Kier alpha value is -1.64. The lowest BCUT2D eigenvalue weighted by atomic mass is 10.1. The van der Waals surface area contributed by atoms with E-state index in [1.54, 1.807) is 37.7 Å². The summed E-state index contributed by atoms with van der Waals surface area (Å²) in [6, 6.07) is 6.60. The zero-order chi connectivity index (χ0) is 9.68. The molecule has 13 heavy (non-hydrogen) atoms. The molecule has 0 atom stereocenters. The average molecular weight is 177 g/mol. The molecule has 0 heterocycles. The maximum atomic E-state index is 11.1. The van der Waals surface area contributed by atoms with Gasteiger partial charge in [0.05, 0.1) is 13.5 Å². The Balaban J connectivity index is 2.79. The van der Waals surface area contributed by atoms with Crippen molar-refractivity contribution in [2.24, 2.45) is 0 Å². The molecule has 0 unspecified atom stereocenters. The number of benzene rings is 1. The van der Waals surface area contributed by atoms with Crippen LogP contribution >= 0.6 is 0 Å². The third-order valence-corrected chi connectivity index (χ3v) is 1.64. The average Bonchev–Trinajstić information content (AvgIpc) is 2.18. The number of hydrogen-bond acceptors (Lipinski definition) is 3. The Kier molecular flexibility index (Phi) is 3.20. The first-order chi connectivity index (χ1) is 6.27. The van der Waals surface area contributed by atoms with E-state index < -0.39 is 0 Å². The van der Waals surface area contributed by atoms with Gasteiger partial charge in [0.2, 0.25) is 6.29 Å². The molecule has 0 N–H and O–H groups in total. The number of rotatable bonds is 4. The standard InChI is InChI=1S/C10H9O3/c1-13-9-4-2-8(3-5-9)10(12)6-7-11/h2-5H,6H2,1H3. The van der Waals surface area contributed by atoms with Crippen molar-refractivity contribution >= 4 is 12.1 Å². The molecule has 0 fully saturated rings. The van der Waals surface area contributed by atoms with Crippen molar-refractivity contribution < 1.29 is 14.3 Å². The van der Waals surface area contributed by atoms with Crippen LogP contribution in [0.2, 0.25) is 0 Å². The molecule has 0 aliphatic carbocycles. The lowest BCUT2D eigenvalue weighted by Crippen LogP contribution is -1.98. The van der Waals surface area contributed by atoms with Gasteiger partial charge in [0.1, 0.15) is 5.75 Å². The molecule has 0 amide bonds. The molecule has 1 rings (SSSR count). The van der Waals surface area contributed by atoms with Crippen LogP contribution in [0.15, 0.2) is 24.3 Å². The van der Waals surface area contributed by atoms with E-state index in [4.69, 9.17) is 4.74 Å². The molecule has 0 bridgehead atoms. The van der Waals surface area contributed by atoms with Crippen molar-refractivity contribution in [1.29, 1.82) is 0 Å². The number of ketones is 1. The second-order valence-corrected chi connectivity index (χ2v) is 2.47. The highest BCUT2D eigenvalue weighted by molar-refractivity contribution is 6.02. The second kappa shape index (κ2) is 4.40. The number of ether oxygens (including phenoxy) is 1. The zero-order valence-electron chi connectivity index (χ0n) is 7.24. The predicted octanol–water partition coefficient (Wildman–Crippen LogP) is 1.38. The maximum absolute atomic E-state index is 11.1. The van der Waals surface area contributed by atoms with Gasteiger partial charge in [0, 0.05) is 5.56 Å². The van der Waals surface area contributed by atoms with E-state index in [9.17, 15) is 9.59 Å². The molecule has 0 aliphatic rings. The molecule has 3 nitrogen and oxygen atoms in total. The zero-order valence-corrected chi connectivity index (χ0v) is 7.24. The van der Waals surface area contributed by atoms with Crippen LogP contribution in [0.3, 0.4) is 0 Å². The number of methoxy groups -OCH3 is 1. The lowest BCUT2D eigenvalue weighted by Gasteiger charge is -1.99. The van der Waals surface area contributed by atoms with Crippen LogP contribution in [0.5, 0.6) is 5.75 Å². The Labute approximate surface area is 76.3 Å². The van der Waals surface area contributed by atoms with Crippen LogP contribution in [-0.2, 0) is 4.79 Å². The first kappa shape index (κ1) is 9.45. The van der Waals surface area contributed by atoms with Crippen molar-refractivity contribution in [2.75, 3.05) is 7.11 Å². The van der Waals surface area contributed by atoms with Gasteiger partial charge in [-0.1, -0.05) is 0 Å². The van der Waals surface area contributed by atoms with Gasteiger partial charge in [-0.2, -0.15) is 0 Å². The second-order valence-electron chi connectivity index (χ2n) is 2.47. The summed E-state index contributed by atoms with van der Waals surface area (Å²) < 4.78 is 4.92. The number of hydrogen-bond donors (Lipinski definition) is 0. The third-order valence-electron chi connectivity index (χ3n) is 1.64. The number of carbonyl (C=O) groups is 1. The lowest BCUT2D eigenvalue weighted by molar-refractivity contribution is 0.1000. The van der Waals surface area contributed by atoms with Crippen LogP contribution in [-0.4, -0.2) is 19.2 Å². The van der Waals surface area contributed by atoms with E-state index in [1.807, 2.05) is 0 Å². The first-order valence-corrected chi connectivity index (χ1v) is 3.80. The molecular weight excluding hydrogens is 168 g/mol. The third kappa shape index (κ3) is 2.40. The molecule has 0 spiro atoms. The SMILES string of the molecule is COc1ccc(C(=O)C[C]=O)cc1. The minimum Gasteiger partial charge on any atom is -0.497 e. The summed E-state index contributed by atoms with van der Waals surface area (Å²) in [5.74, 6) is 0.462. The van der Waals surface area contributed by atoms with E-state index in [2.05, 4.69) is 0 Å². The number of Topliss-reactive ketones (excluding diaryl/α,β-unsaturated/α-hetero) is 1. The van der Waals surface area contributed by atoms with E-state index in [0.29, 0.717) is 11.3 Å². The van der Waals surface area contributed by atoms with Crippen LogP contribution < -0.4 is 4.74 Å². The first-order valence-electron chi connectivity index (χ1n) is 3.80. The summed E-state index contributed by atoms with van der Waals surface area (Å²) in [4.78, 5) is 21.1. The van der Waals surface area contributed by atoms with E-state index in [-0.39, 0.29) is 12.2 Å². The van der Waals surface area contributed by atoms with Crippen LogP contribution in [0, 0.1) is 0 Å². The van der Waals surface area contributed by atoms with Gasteiger partial charge in [-0.25, -0.2) is 0 Å². The summed E-state index contributed by atoms with van der Waals surface area (Å²) in [6.45, 7) is 0. The summed E-state index contributed by atoms with van der Waals surface area (Å²) in [7, 11) is 1.55. The Morgan fingerprint density at radius 2 is 2.00 bits per heavy atom. The molecule has 0 aromatic heterocycles. The van der Waals surface area contributed by atoms with E-state index >= 15 is 0 Å². The van der Waals surface area contributed by atoms with Crippen LogP contribution in [0.1, 0.15) is 16.8 Å². The topological polar surface area (TPSA) is 43.4 Å². The van der Waals surface area contributed by atoms with Gasteiger partial charge >= 0.3 is 0 Å². The Morgan fingerprint density at radius 3 is 2.46 bits per heavy atom. The van der Waals surface area contributed by atoms with Crippen molar-refractivity contribution in [1.82, 2.24) is 0 Å². The van der Waals surface area contributed by atoms with Gasteiger partial charge in [-0.05, 0) is 24.3 Å². The molecule has 0 saturated heterocycles. The fraction of sp³-hybridized carbons (Fsp3) is 0.200. The Bertz CT molecular complexity index is 300. The van der Waals surface area contributed by atoms with Crippen LogP contribution in [0.25, 0.3) is 0 Å². The fourth-order valence-electron chi connectivity index (χ4n) is 0.945. The molecule has 1 aromatic carbocycles. The van der Waals surface area contributed by atoms with E-state index in [0.717, 1.165) is 0 Å². The van der Waals surface area contributed by atoms with Crippen LogP contribution in [0.4, 0.5) is 0 Å². The Morgan fingerprint density at radius 1 is 1.38 bits per heavy atom. The summed E-state index contributed by atoms with van der Waals surface area (Å²) in [5.41, 5.74) is 0.504. The monoisotopic (exact) mass is 177 g/mol. The normalized spacial score (nSPS) is 9.31. The van der Waals surface area contributed by atoms with Gasteiger partial charge in [-0.3, -0.25) is 9.59 Å². The molecule has 1 aromatic rings. The predicted molar refractivity (Wildman–Crippen MR) is 47.6 cm³/mol. The highest BCUT2D eigenvalue weighted by Crippen LogP contribution is 2.12. The minimum atomic E-state index is -0.224. The molecule has 0 saturated carbocycles. The summed E-state index contributed by atoms with van der Waals surface area (Å²) >= 11 is 0. The summed E-state index contributed by atoms with van der Waals surface area (Å²) in [6.07, 6.45) is 1.38. The molecule has 67 valence electrons. The van der Waals surface area contributed by atoms with Gasteiger partial charge in [-0.15, -0.1) is 0 Å². The van der Waals surface area contributed by atoms with Crippen molar-refractivity contribution in [2.45, 2.75) is 6.42 Å². The molecule has 1 radical (unpaired) electrons. The molecular formula is C10H9O3. The highest BCUT2D eigenvalue weighted by atomic mass is 16.5.